The Kier molecular flexibility index (Phi) is 3.49. The molecule has 23 heavy (non-hydrogen) atoms. The molecule has 1 aliphatic rings. The molecule has 0 saturated carbocycles. The largest absolute Gasteiger partial charge is 0.365 e. The quantitative estimate of drug-likeness (QED) is 0.905. The van der Waals surface area contributed by atoms with E-state index in [-0.39, 0.29) is 10.6 Å². The molecular formula is C17H16N2O3S. The summed E-state index contributed by atoms with van der Waals surface area (Å²) in [4.78, 5) is 11.5. The molecule has 0 fully saturated rings. The van der Waals surface area contributed by atoms with Gasteiger partial charge in [0.1, 0.15) is 0 Å². The van der Waals surface area contributed by atoms with Crippen LogP contribution >= 0.6 is 0 Å². The van der Waals surface area contributed by atoms with E-state index in [0.29, 0.717) is 11.3 Å². The minimum atomic E-state index is -3.89. The first-order valence-corrected chi connectivity index (χ1v) is 8.53. The van der Waals surface area contributed by atoms with Gasteiger partial charge in [-0.1, -0.05) is 24.3 Å². The number of hydrogen-bond acceptors (Lipinski definition) is 4. The molecule has 0 radical (unpaired) electrons. The zero-order valence-corrected chi connectivity index (χ0v) is 13.6. The van der Waals surface area contributed by atoms with Crippen molar-refractivity contribution in [3.8, 4) is 0 Å². The van der Waals surface area contributed by atoms with Gasteiger partial charge in [-0.3, -0.25) is 4.79 Å². The molecule has 0 spiro atoms. The smallest absolute Gasteiger partial charge is 0.262 e. The van der Waals surface area contributed by atoms with Crippen molar-refractivity contribution < 1.29 is 13.2 Å². The van der Waals surface area contributed by atoms with Crippen LogP contribution in [0.5, 0.6) is 0 Å². The van der Waals surface area contributed by atoms with Gasteiger partial charge in [-0.05, 0) is 43.2 Å². The number of fused-ring (bicyclic) bond motifs is 1. The number of benzene rings is 2. The van der Waals surface area contributed by atoms with Crippen LogP contribution in [0, 0.1) is 13.8 Å². The van der Waals surface area contributed by atoms with Crippen LogP contribution in [0.4, 0.5) is 5.69 Å². The predicted molar refractivity (Wildman–Crippen MR) is 89.3 cm³/mol. The van der Waals surface area contributed by atoms with Crippen molar-refractivity contribution in [2.24, 2.45) is 5.73 Å². The van der Waals surface area contributed by atoms with Gasteiger partial charge in [0.2, 0.25) is 9.84 Å². The molecule has 0 aliphatic carbocycles. The highest BCUT2D eigenvalue weighted by Gasteiger charge is 2.38. The van der Waals surface area contributed by atoms with E-state index in [2.05, 4.69) is 5.32 Å². The lowest BCUT2D eigenvalue weighted by atomic mass is 10.1. The summed E-state index contributed by atoms with van der Waals surface area (Å²) in [5, 5.41) is 3.07. The summed E-state index contributed by atoms with van der Waals surface area (Å²) in [5.41, 5.74) is 8.81. The maximum Gasteiger partial charge on any atom is 0.262 e. The highest BCUT2D eigenvalue weighted by molar-refractivity contribution is 7.97. The van der Waals surface area contributed by atoms with Crippen LogP contribution in [0.25, 0.3) is 5.70 Å². The fourth-order valence-corrected chi connectivity index (χ4v) is 4.48. The van der Waals surface area contributed by atoms with E-state index in [0.717, 1.165) is 11.1 Å². The Bertz CT molecular complexity index is 939. The van der Waals surface area contributed by atoms with Crippen molar-refractivity contribution in [2.45, 2.75) is 18.7 Å². The monoisotopic (exact) mass is 328 g/mol. The van der Waals surface area contributed by atoms with Crippen molar-refractivity contribution in [3.63, 3.8) is 0 Å². The Balaban J connectivity index is 2.21. The van der Waals surface area contributed by atoms with Gasteiger partial charge >= 0.3 is 0 Å². The molecule has 6 heteroatoms. The SMILES string of the molecule is Cc1cc(C)cc(NC2=C(C(N)=O)S(=O)(=O)c3ccccc32)c1. The summed E-state index contributed by atoms with van der Waals surface area (Å²) < 4.78 is 25.1. The Morgan fingerprint density at radius 3 is 2.26 bits per heavy atom. The fraction of sp³-hybridized carbons (Fsp3) is 0.118. The van der Waals surface area contributed by atoms with Crippen LogP contribution in [0.2, 0.25) is 0 Å². The maximum absolute atomic E-state index is 12.6. The normalized spacial score (nSPS) is 15.4. The molecular weight excluding hydrogens is 312 g/mol. The fourth-order valence-electron chi connectivity index (χ4n) is 2.85. The molecule has 2 aromatic carbocycles. The summed E-state index contributed by atoms with van der Waals surface area (Å²) in [5.74, 6) is -0.965. The number of sulfone groups is 1. The number of anilines is 1. The van der Waals surface area contributed by atoms with Crippen molar-refractivity contribution in [2.75, 3.05) is 5.32 Å². The van der Waals surface area contributed by atoms with E-state index in [1.54, 1.807) is 18.2 Å². The minimum Gasteiger partial charge on any atom is -0.365 e. The second-order valence-corrected chi connectivity index (χ2v) is 7.42. The Hall–Kier alpha value is -2.60. The highest BCUT2D eigenvalue weighted by Crippen LogP contribution is 2.39. The molecule has 5 nitrogen and oxygen atoms in total. The third-order valence-electron chi connectivity index (χ3n) is 3.66. The van der Waals surface area contributed by atoms with Crippen molar-refractivity contribution in [3.05, 3.63) is 64.1 Å². The van der Waals surface area contributed by atoms with E-state index < -0.39 is 20.6 Å². The molecule has 1 amide bonds. The van der Waals surface area contributed by atoms with Crippen LogP contribution in [-0.4, -0.2) is 14.3 Å². The summed E-state index contributed by atoms with van der Waals surface area (Å²) >= 11 is 0. The zero-order chi connectivity index (χ0) is 16.8. The van der Waals surface area contributed by atoms with Crippen LogP contribution in [-0.2, 0) is 14.6 Å². The lowest BCUT2D eigenvalue weighted by Gasteiger charge is -2.11. The number of rotatable bonds is 3. The topological polar surface area (TPSA) is 89.3 Å². The number of carbonyl (C=O) groups excluding carboxylic acids is 1. The molecule has 2 aromatic rings. The number of aryl methyl sites for hydroxylation is 2. The third kappa shape index (κ3) is 2.51. The Labute approximate surface area is 134 Å². The molecule has 3 N–H and O–H groups in total. The average Bonchev–Trinajstić information content (AvgIpc) is 2.66. The van der Waals surface area contributed by atoms with Crippen LogP contribution in [0.15, 0.2) is 52.3 Å². The molecule has 0 aromatic heterocycles. The minimum absolute atomic E-state index is 0.0978. The van der Waals surface area contributed by atoms with Gasteiger partial charge in [-0.25, -0.2) is 8.42 Å². The Morgan fingerprint density at radius 2 is 1.65 bits per heavy atom. The van der Waals surface area contributed by atoms with E-state index in [4.69, 9.17) is 5.73 Å². The van der Waals surface area contributed by atoms with Gasteiger partial charge in [-0.2, -0.15) is 0 Å². The van der Waals surface area contributed by atoms with Crippen LogP contribution < -0.4 is 11.1 Å². The van der Waals surface area contributed by atoms with E-state index in [1.807, 2.05) is 32.0 Å². The third-order valence-corrected chi connectivity index (χ3v) is 5.53. The highest BCUT2D eigenvalue weighted by atomic mass is 32.2. The van der Waals surface area contributed by atoms with Gasteiger partial charge < -0.3 is 11.1 Å². The molecule has 3 rings (SSSR count). The molecule has 118 valence electrons. The molecule has 0 atom stereocenters. The van der Waals surface area contributed by atoms with Crippen LogP contribution in [0.3, 0.4) is 0 Å². The van der Waals surface area contributed by atoms with Gasteiger partial charge in [0, 0.05) is 11.3 Å². The number of amides is 1. The van der Waals surface area contributed by atoms with Crippen molar-refractivity contribution in [1.29, 1.82) is 0 Å². The van der Waals surface area contributed by atoms with E-state index in [1.165, 1.54) is 6.07 Å². The number of hydrogen-bond donors (Lipinski definition) is 2. The molecule has 0 saturated heterocycles. The second-order valence-electron chi connectivity index (χ2n) is 5.57. The lowest BCUT2D eigenvalue weighted by Crippen LogP contribution is -2.20. The first-order chi connectivity index (χ1) is 10.8. The molecule has 0 bridgehead atoms. The maximum atomic E-state index is 12.6. The second kappa shape index (κ2) is 5.24. The van der Waals surface area contributed by atoms with E-state index >= 15 is 0 Å². The first kappa shape index (κ1) is 15.3. The summed E-state index contributed by atoms with van der Waals surface area (Å²) in [6.45, 7) is 3.89. The van der Waals surface area contributed by atoms with Gasteiger partial charge in [0.15, 0.2) is 4.91 Å². The number of carbonyl (C=O) groups is 1. The van der Waals surface area contributed by atoms with Gasteiger partial charge in [0.05, 0.1) is 10.6 Å². The average molecular weight is 328 g/mol. The zero-order valence-electron chi connectivity index (χ0n) is 12.8. The van der Waals surface area contributed by atoms with Gasteiger partial charge in [0.25, 0.3) is 5.91 Å². The Morgan fingerprint density at radius 1 is 1.04 bits per heavy atom. The van der Waals surface area contributed by atoms with Gasteiger partial charge in [-0.15, -0.1) is 0 Å². The summed E-state index contributed by atoms with van der Waals surface area (Å²) in [7, 11) is -3.89. The summed E-state index contributed by atoms with van der Waals surface area (Å²) in [6, 6.07) is 12.3. The standard InChI is InChI=1S/C17H16N2O3S/c1-10-7-11(2)9-12(8-10)19-15-13-5-3-4-6-14(13)23(21,22)16(15)17(18)20/h3-9,19H,1-2H3,(H2,18,20). The predicted octanol–water partition coefficient (Wildman–Crippen LogP) is 2.36. The molecule has 1 heterocycles. The van der Waals surface area contributed by atoms with Crippen molar-refractivity contribution >= 4 is 27.1 Å². The molecule has 1 aliphatic heterocycles. The molecule has 0 unspecified atom stereocenters. The number of nitrogens with one attached hydrogen (secondary N) is 1. The number of nitrogens with two attached hydrogens (primary N) is 1. The first-order valence-electron chi connectivity index (χ1n) is 7.04. The summed E-state index contributed by atoms with van der Waals surface area (Å²) in [6.07, 6.45) is 0. The number of primary amides is 1. The van der Waals surface area contributed by atoms with E-state index in [9.17, 15) is 13.2 Å². The van der Waals surface area contributed by atoms with Crippen molar-refractivity contribution in [1.82, 2.24) is 0 Å². The van der Waals surface area contributed by atoms with Crippen LogP contribution in [0.1, 0.15) is 16.7 Å². The lowest BCUT2D eigenvalue weighted by molar-refractivity contribution is -0.113.